The molecule has 0 aliphatic carbocycles. The second kappa shape index (κ2) is 4.43. The minimum atomic E-state index is -0.424. The Morgan fingerprint density at radius 2 is 2.25 bits per heavy atom. The van der Waals surface area contributed by atoms with Crippen molar-refractivity contribution in [3.05, 3.63) is 45.3 Å². The van der Waals surface area contributed by atoms with E-state index < -0.39 is 5.82 Å². The molecule has 0 radical (unpaired) electrons. The van der Waals surface area contributed by atoms with Crippen LogP contribution >= 0.6 is 27.5 Å². The molecule has 0 aliphatic heterocycles. The van der Waals surface area contributed by atoms with Gasteiger partial charge >= 0.3 is 0 Å². The molecule has 1 heterocycles. The highest BCUT2D eigenvalue weighted by atomic mass is 79.9. The van der Waals surface area contributed by atoms with E-state index in [1.54, 1.807) is 23.0 Å². The first kappa shape index (κ1) is 11.4. The van der Waals surface area contributed by atoms with Crippen molar-refractivity contribution in [1.29, 1.82) is 0 Å². The maximum absolute atomic E-state index is 12.9. The van der Waals surface area contributed by atoms with E-state index in [1.807, 2.05) is 0 Å². The largest absolute Gasteiger partial charge is 0.381 e. The number of nitrogens with two attached hydrogens (primary N) is 1. The van der Waals surface area contributed by atoms with Crippen LogP contribution in [0.3, 0.4) is 0 Å². The second-order valence-electron chi connectivity index (χ2n) is 3.31. The van der Waals surface area contributed by atoms with Gasteiger partial charge in [-0.3, -0.25) is 4.68 Å². The fourth-order valence-electron chi connectivity index (χ4n) is 1.32. The van der Waals surface area contributed by atoms with E-state index in [0.717, 1.165) is 10.0 Å². The van der Waals surface area contributed by atoms with Crippen molar-refractivity contribution < 1.29 is 4.39 Å². The Balaban J connectivity index is 2.23. The molecule has 1 aromatic carbocycles. The topological polar surface area (TPSA) is 43.8 Å². The highest BCUT2D eigenvalue weighted by Gasteiger charge is 2.05. The molecule has 1 aromatic heterocycles. The maximum Gasteiger partial charge on any atom is 0.159 e. The lowest BCUT2D eigenvalue weighted by Crippen LogP contribution is -2.01. The van der Waals surface area contributed by atoms with Crippen LogP contribution in [0.5, 0.6) is 0 Å². The van der Waals surface area contributed by atoms with E-state index in [1.165, 1.54) is 6.07 Å². The fraction of sp³-hybridized carbons (Fsp3) is 0.100. The first-order valence-corrected chi connectivity index (χ1v) is 5.65. The average Bonchev–Trinajstić information content (AvgIpc) is 2.52. The SMILES string of the molecule is Nc1nn(Cc2ccc(F)c(Cl)c2)cc1Br. The minimum absolute atomic E-state index is 0.108. The van der Waals surface area contributed by atoms with E-state index in [-0.39, 0.29) is 5.02 Å². The quantitative estimate of drug-likeness (QED) is 0.926. The van der Waals surface area contributed by atoms with Crippen LogP contribution in [-0.2, 0) is 6.54 Å². The lowest BCUT2D eigenvalue weighted by molar-refractivity contribution is 0.625. The Morgan fingerprint density at radius 3 is 2.81 bits per heavy atom. The standard InChI is InChI=1S/C10H8BrClFN3/c11-7-5-16(15-10(7)14)4-6-1-2-9(13)8(12)3-6/h1-3,5H,4H2,(H2,14,15). The summed E-state index contributed by atoms with van der Waals surface area (Å²) < 4.78 is 15.3. The first-order valence-electron chi connectivity index (χ1n) is 4.48. The molecule has 0 bridgehead atoms. The number of anilines is 1. The number of hydrogen-bond acceptors (Lipinski definition) is 2. The van der Waals surface area contributed by atoms with Gasteiger partial charge in [0.05, 0.1) is 16.0 Å². The van der Waals surface area contributed by atoms with E-state index in [2.05, 4.69) is 21.0 Å². The lowest BCUT2D eigenvalue weighted by atomic mass is 10.2. The number of aromatic nitrogens is 2. The van der Waals surface area contributed by atoms with Crippen LogP contribution in [0.1, 0.15) is 5.56 Å². The van der Waals surface area contributed by atoms with E-state index in [0.29, 0.717) is 12.4 Å². The third-order valence-corrected chi connectivity index (χ3v) is 2.97. The zero-order valence-corrected chi connectivity index (χ0v) is 10.5. The van der Waals surface area contributed by atoms with Gasteiger partial charge in [0.1, 0.15) is 5.82 Å². The average molecular weight is 305 g/mol. The second-order valence-corrected chi connectivity index (χ2v) is 4.57. The molecule has 16 heavy (non-hydrogen) atoms. The van der Waals surface area contributed by atoms with Gasteiger partial charge in [0, 0.05) is 6.20 Å². The molecule has 3 nitrogen and oxygen atoms in total. The normalized spacial score (nSPS) is 10.7. The van der Waals surface area contributed by atoms with Crippen LogP contribution in [0, 0.1) is 5.82 Å². The molecular weight excluding hydrogens is 296 g/mol. The van der Waals surface area contributed by atoms with Gasteiger partial charge in [-0.15, -0.1) is 0 Å². The molecule has 84 valence electrons. The Bertz CT molecular complexity index is 507. The van der Waals surface area contributed by atoms with Gasteiger partial charge in [-0.05, 0) is 33.6 Å². The Morgan fingerprint density at radius 1 is 1.50 bits per heavy atom. The lowest BCUT2D eigenvalue weighted by Gasteiger charge is -2.02. The Kier molecular flexibility index (Phi) is 3.16. The van der Waals surface area contributed by atoms with Gasteiger partial charge in [-0.2, -0.15) is 5.10 Å². The zero-order chi connectivity index (χ0) is 11.7. The predicted octanol–water partition coefficient (Wildman–Crippen LogP) is 3.07. The number of hydrogen-bond donors (Lipinski definition) is 1. The van der Waals surface area contributed by atoms with Crippen LogP contribution in [-0.4, -0.2) is 9.78 Å². The summed E-state index contributed by atoms with van der Waals surface area (Å²) in [5, 5.41) is 4.18. The van der Waals surface area contributed by atoms with Crippen molar-refractivity contribution in [1.82, 2.24) is 9.78 Å². The smallest absolute Gasteiger partial charge is 0.159 e. The fourth-order valence-corrected chi connectivity index (χ4v) is 1.84. The molecule has 0 saturated heterocycles. The maximum atomic E-state index is 12.9. The van der Waals surface area contributed by atoms with Crippen LogP contribution in [0.4, 0.5) is 10.2 Å². The summed E-state index contributed by atoms with van der Waals surface area (Å²) in [7, 11) is 0. The summed E-state index contributed by atoms with van der Waals surface area (Å²) in [5.41, 5.74) is 6.45. The van der Waals surface area contributed by atoms with Crippen molar-refractivity contribution in [2.24, 2.45) is 0 Å². The van der Waals surface area contributed by atoms with Crippen molar-refractivity contribution in [2.45, 2.75) is 6.54 Å². The number of rotatable bonds is 2. The molecule has 0 atom stereocenters. The van der Waals surface area contributed by atoms with E-state index in [9.17, 15) is 4.39 Å². The van der Waals surface area contributed by atoms with Crippen molar-refractivity contribution in [3.8, 4) is 0 Å². The van der Waals surface area contributed by atoms with Gasteiger partial charge in [0.25, 0.3) is 0 Å². The van der Waals surface area contributed by atoms with Gasteiger partial charge in [-0.1, -0.05) is 17.7 Å². The molecule has 0 aliphatic rings. The summed E-state index contributed by atoms with van der Waals surface area (Å²) in [6.07, 6.45) is 1.76. The van der Waals surface area contributed by atoms with E-state index in [4.69, 9.17) is 17.3 Å². The molecule has 0 unspecified atom stereocenters. The summed E-state index contributed by atoms with van der Waals surface area (Å²) >= 11 is 8.94. The van der Waals surface area contributed by atoms with Crippen LogP contribution in [0.2, 0.25) is 5.02 Å². The Hall–Kier alpha value is -1.07. The van der Waals surface area contributed by atoms with E-state index >= 15 is 0 Å². The van der Waals surface area contributed by atoms with Crippen LogP contribution < -0.4 is 5.73 Å². The molecule has 0 saturated carbocycles. The molecular formula is C10H8BrClFN3. The highest BCUT2D eigenvalue weighted by Crippen LogP contribution is 2.19. The number of nitrogen functional groups attached to an aromatic ring is 1. The number of nitrogens with zero attached hydrogens (tertiary/aromatic N) is 2. The number of halogens is 3. The molecule has 2 N–H and O–H groups in total. The summed E-state index contributed by atoms with van der Waals surface area (Å²) in [5.74, 6) is -0.000199. The van der Waals surface area contributed by atoms with Crippen LogP contribution in [0.15, 0.2) is 28.9 Å². The summed E-state index contributed by atoms with van der Waals surface area (Å²) in [4.78, 5) is 0. The molecule has 6 heteroatoms. The van der Waals surface area contributed by atoms with Gasteiger partial charge in [0.15, 0.2) is 5.82 Å². The predicted molar refractivity (Wildman–Crippen MR) is 64.9 cm³/mol. The van der Waals surface area contributed by atoms with Crippen molar-refractivity contribution in [3.63, 3.8) is 0 Å². The van der Waals surface area contributed by atoms with Gasteiger partial charge < -0.3 is 5.73 Å². The number of benzene rings is 1. The van der Waals surface area contributed by atoms with Crippen molar-refractivity contribution >= 4 is 33.3 Å². The minimum Gasteiger partial charge on any atom is -0.381 e. The monoisotopic (exact) mass is 303 g/mol. The first-order chi connectivity index (χ1) is 7.56. The highest BCUT2D eigenvalue weighted by molar-refractivity contribution is 9.10. The molecule has 2 aromatic rings. The summed E-state index contributed by atoms with van der Waals surface area (Å²) in [6.45, 7) is 0.496. The van der Waals surface area contributed by atoms with Crippen LogP contribution in [0.25, 0.3) is 0 Å². The third-order valence-electron chi connectivity index (χ3n) is 2.07. The zero-order valence-electron chi connectivity index (χ0n) is 8.12. The third kappa shape index (κ3) is 2.36. The summed E-state index contributed by atoms with van der Waals surface area (Å²) in [6, 6.07) is 4.56. The Labute approximate surface area is 105 Å². The van der Waals surface area contributed by atoms with Gasteiger partial charge in [-0.25, -0.2) is 4.39 Å². The van der Waals surface area contributed by atoms with Gasteiger partial charge in [0.2, 0.25) is 0 Å². The molecule has 0 amide bonds. The molecule has 0 spiro atoms. The molecule has 0 fully saturated rings. The molecule has 2 rings (SSSR count). The van der Waals surface area contributed by atoms with Crippen molar-refractivity contribution in [2.75, 3.05) is 5.73 Å².